The van der Waals surface area contributed by atoms with Crippen LogP contribution in [-0.2, 0) is 6.54 Å². The van der Waals surface area contributed by atoms with Crippen molar-refractivity contribution in [3.8, 4) is 5.75 Å². The summed E-state index contributed by atoms with van der Waals surface area (Å²) in [6, 6.07) is 7.48. The van der Waals surface area contributed by atoms with Crippen LogP contribution in [0.25, 0.3) is 21.9 Å². The van der Waals surface area contributed by atoms with Gasteiger partial charge in [-0.05, 0) is 30.7 Å². The van der Waals surface area contributed by atoms with E-state index in [1.165, 1.54) is 0 Å². The Morgan fingerprint density at radius 1 is 1.30 bits per heavy atom. The molecule has 0 aliphatic carbocycles. The summed E-state index contributed by atoms with van der Waals surface area (Å²) in [6.45, 7) is 1.09. The van der Waals surface area contributed by atoms with E-state index >= 15 is 0 Å². The van der Waals surface area contributed by atoms with Gasteiger partial charge in [0, 0.05) is 12.7 Å². The molecule has 1 amide bonds. The molecule has 1 aromatic carbocycles. The van der Waals surface area contributed by atoms with Crippen molar-refractivity contribution in [1.82, 2.24) is 14.9 Å². The Hall–Kier alpha value is -2.63. The molecule has 0 spiro atoms. The zero-order valence-corrected chi connectivity index (χ0v) is 12.5. The molecule has 0 radical (unpaired) electrons. The summed E-state index contributed by atoms with van der Waals surface area (Å²) in [6.07, 6.45) is 2.16. The lowest BCUT2D eigenvalue weighted by atomic mass is 10.1. The van der Waals surface area contributed by atoms with Gasteiger partial charge < -0.3 is 14.6 Å². The third kappa shape index (κ3) is 2.13. The van der Waals surface area contributed by atoms with Crippen LogP contribution in [0.5, 0.6) is 5.75 Å². The summed E-state index contributed by atoms with van der Waals surface area (Å²) in [5, 5.41) is 3.64. The summed E-state index contributed by atoms with van der Waals surface area (Å²) in [5.41, 5.74) is 3.15. The fraction of sp³-hybridized carbons (Fsp3) is 0.294. The molecule has 5 nitrogen and oxygen atoms in total. The number of carbonyl (C=O) groups excluding carboxylic acids is 1. The Morgan fingerprint density at radius 3 is 3.09 bits per heavy atom. The molecule has 2 aromatic heterocycles. The number of aryl methyl sites for hydroxylation is 1. The van der Waals surface area contributed by atoms with Gasteiger partial charge in [0.25, 0.3) is 5.91 Å². The van der Waals surface area contributed by atoms with Gasteiger partial charge >= 0.3 is 0 Å². The van der Waals surface area contributed by atoms with Crippen LogP contribution in [-0.4, -0.2) is 35.3 Å². The molecular weight excluding hydrogens is 297 g/mol. The standard InChI is InChI=1S/C17H16FN3O2/c18-6-2-9-21-12-5-4-11-16(23-10-8-20-17(11)22)14(12)15-13(21)3-1-7-19-15/h1,3-5,7H,2,6,8-10H2,(H,20,22). The number of aromatic nitrogens is 2. The summed E-state index contributed by atoms with van der Waals surface area (Å²) >= 11 is 0. The predicted octanol–water partition coefficient (Wildman–Crippen LogP) is 2.67. The number of carbonyl (C=O) groups is 1. The lowest BCUT2D eigenvalue weighted by molar-refractivity contribution is 0.0957. The normalized spacial score (nSPS) is 14.4. The first kappa shape index (κ1) is 14.0. The number of halogens is 1. The first-order chi connectivity index (χ1) is 11.3. The molecule has 1 aliphatic rings. The number of hydrogen-bond donors (Lipinski definition) is 1. The smallest absolute Gasteiger partial charge is 0.255 e. The van der Waals surface area contributed by atoms with Gasteiger partial charge in [0.05, 0.1) is 40.7 Å². The zero-order valence-electron chi connectivity index (χ0n) is 12.5. The molecule has 23 heavy (non-hydrogen) atoms. The summed E-state index contributed by atoms with van der Waals surface area (Å²) < 4.78 is 20.5. The molecule has 0 saturated carbocycles. The van der Waals surface area contributed by atoms with Crippen molar-refractivity contribution in [2.45, 2.75) is 13.0 Å². The van der Waals surface area contributed by atoms with Crippen LogP contribution in [0.2, 0.25) is 0 Å². The van der Waals surface area contributed by atoms with Crippen molar-refractivity contribution in [1.29, 1.82) is 0 Å². The van der Waals surface area contributed by atoms with Crippen LogP contribution < -0.4 is 10.1 Å². The van der Waals surface area contributed by atoms with Crippen LogP contribution in [0.4, 0.5) is 4.39 Å². The first-order valence-corrected chi connectivity index (χ1v) is 7.68. The highest BCUT2D eigenvalue weighted by Gasteiger charge is 2.23. The maximum atomic E-state index is 12.7. The lowest BCUT2D eigenvalue weighted by Gasteiger charge is -2.09. The minimum absolute atomic E-state index is 0.139. The zero-order chi connectivity index (χ0) is 15.8. The average Bonchev–Trinajstić information content (AvgIpc) is 2.78. The fourth-order valence-electron chi connectivity index (χ4n) is 3.16. The Kier molecular flexibility index (Phi) is 3.37. The number of hydrogen-bond acceptors (Lipinski definition) is 3. The fourth-order valence-corrected chi connectivity index (χ4v) is 3.16. The molecule has 0 unspecified atom stereocenters. The summed E-state index contributed by atoms with van der Waals surface area (Å²) in [4.78, 5) is 16.7. The quantitative estimate of drug-likeness (QED) is 0.809. The van der Waals surface area contributed by atoms with Gasteiger partial charge in [-0.25, -0.2) is 0 Å². The summed E-state index contributed by atoms with van der Waals surface area (Å²) in [7, 11) is 0. The molecule has 118 valence electrons. The monoisotopic (exact) mass is 313 g/mol. The maximum absolute atomic E-state index is 12.7. The third-order valence-electron chi connectivity index (χ3n) is 4.13. The van der Waals surface area contributed by atoms with E-state index in [4.69, 9.17) is 4.74 Å². The van der Waals surface area contributed by atoms with Gasteiger partial charge in [0.1, 0.15) is 12.4 Å². The molecule has 6 heteroatoms. The van der Waals surface area contributed by atoms with E-state index in [0.29, 0.717) is 37.4 Å². The number of benzene rings is 1. The van der Waals surface area contributed by atoms with Crippen molar-refractivity contribution in [2.75, 3.05) is 19.8 Å². The number of nitrogens with one attached hydrogen (secondary N) is 1. The van der Waals surface area contributed by atoms with Gasteiger partial charge in [0.2, 0.25) is 0 Å². The molecule has 3 heterocycles. The van der Waals surface area contributed by atoms with E-state index in [2.05, 4.69) is 10.3 Å². The van der Waals surface area contributed by atoms with Crippen LogP contribution in [0.1, 0.15) is 16.8 Å². The second-order valence-electron chi connectivity index (χ2n) is 5.51. The van der Waals surface area contributed by atoms with Crippen molar-refractivity contribution in [3.63, 3.8) is 0 Å². The van der Waals surface area contributed by atoms with Crippen LogP contribution in [0.3, 0.4) is 0 Å². The molecule has 1 N–H and O–H groups in total. The van der Waals surface area contributed by atoms with Crippen LogP contribution >= 0.6 is 0 Å². The van der Waals surface area contributed by atoms with Gasteiger partial charge in [-0.1, -0.05) is 0 Å². The molecule has 0 atom stereocenters. The number of alkyl halides is 1. The molecule has 0 bridgehead atoms. The summed E-state index contributed by atoms with van der Waals surface area (Å²) in [5.74, 6) is 0.431. The number of nitrogens with zero attached hydrogens (tertiary/aromatic N) is 2. The second-order valence-corrected chi connectivity index (χ2v) is 5.51. The van der Waals surface area contributed by atoms with E-state index < -0.39 is 0 Å². The molecule has 3 aromatic rings. The van der Waals surface area contributed by atoms with Crippen molar-refractivity contribution in [2.24, 2.45) is 0 Å². The second kappa shape index (κ2) is 5.53. The van der Waals surface area contributed by atoms with Gasteiger partial charge in [-0.2, -0.15) is 0 Å². The third-order valence-corrected chi connectivity index (χ3v) is 4.13. The van der Waals surface area contributed by atoms with Crippen molar-refractivity contribution < 1.29 is 13.9 Å². The molecular formula is C17H16FN3O2. The Morgan fingerprint density at radius 2 is 2.22 bits per heavy atom. The maximum Gasteiger partial charge on any atom is 0.255 e. The van der Waals surface area contributed by atoms with Crippen molar-refractivity contribution >= 4 is 27.8 Å². The van der Waals surface area contributed by atoms with E-state index in [9.17, 15) is 9.18 Å². The van der Waals surface area contributed by atoms with Crippen molar-refractivity contribution in [3.05, 3.63) is 36.0 Å². The number of fused-ring (bicyclic) bond motifs is 5. The lowest BCUT2D eigenvalue weighted by Crippen LogP contribution is -2.24. The van der Waals surface area contributed by atoms with Crippen LogP contribution in [0, 0.1) is 0 Å². The average molecular weight is 313 g/mol. The number of rotatable bonds is 3. The minimum Gasteiger partial charge on any atom is -0.490 e. The van der Waals surface area contributed by atoms with E-state index in [1.54, 1.807) is 12.3 Å². The van der Waals surface area contributed by atoms with E-state index in [1.807, 2.05) is 22.8 Å². The highest BCUT2D eigenvalue weighted by molar-refractivity contribution is 6.13. The number of pyridine rings is 1. The predicted molar refractivity (Wildman–Crippen MR) is 85.7 cm³/mol. The van der Waals surface area contributed by atoms with E-state index in [0.717, 1.165) is 21.9 Å². The Labute approximate surface area is 132 Å². The highest BCUT2D eigenvalue weighted by atomic mass is 19.1. The minimum atomic E-state index is -0.370. The van der Waals surface area contributed by atoms with Gasteiger partial charge in [-0.15, -0.1) is 0 Å². The molecule has 1 aliphatic heterocycles. The van der Waals surface area contributed by atoms with E-state index in [-0.39, 0.29) is 12.6 Å². The number of amides is 1. The van der Waals surface area contributed by atoms with Crippen LogP contribution in [0.15, 0.2) is 30.5 Å². The first-order valence-electron chi connectivity index (χ1n) is 7.68. The molecule has 0 saturated heterocycles. The Bertz CT molecular complexity index is 904. The number of ether oxygens (including phenoxy) is 1. The largest absolute Gasteiger partial charge is 0.490 e. The van der Waals surface area contributed by atoms with Gasteiger partial charge in [-0.3, -0.25) is 14.2 Å². The highest BCUT2D eigenvalue weighted by Crippen LogP contribution is 2.37. The SMILES string of the molecule is O=C1NCCOc2c1ccc1c2c2ncccc2n1CCCF. The molecule has 0 fully saturated rings. The topological polar surface area (TPSA) is 56.1 Å². The molecule has 4 rings (SSSR count). The van der Waals surface area contributed by atoms with Gasteiger partial charge in [0.15, 0.2) is 0 Å². The Balaban J connectivity index is 2.07.